The summed E-state index contributed by atoms with van der Waals surface area (Å²) >= 11 is 3.57. The van der Waals surface area contributed by atoms with Gasteiger partial charge in [-0.1, -0.05) is 48.0 Å². The van der Waals surface area contributed by atoms with E-state index in [0.717, 1.165) is 32.5 Å². The molecule has 0 fully saturated rings. The lowest BCUT2D eigenvalue weighted by Crippen LogP contribution is -2.21. The highest BCUT2D eigenvalue weighted by Gasteiger charge is 2.20. The minimum Gasteiger partial charge on any atom is -0.496 e. The third-order valence-corrected chi connectivity index (χ3v) is 8.05. The highest BCUT2D eigenvalue weighted by molar-refractivity contribution is 9.10. The predicted molar refractivity (Wildman–Crippen MR) is 177 cm³/mol. The largest absolute Gasteiger partial charge is 0.496 e. The summed E-state index contributed by atoms with van der Waals surface area (Å²) in [5.74, 6) is 3.73. The Hall–Kier alpha value is -4.83. The van der Waals surface area contributed by atoms with Gasteiger partial charge in [0.2, 0.25) is 6.79 Å². The van der Waals surface area contributed by atoms with E-state index in [9.17, 15) is 4.79 Å². The van der Waals surface area contributed by atoms with E-state index in [1.54, 1.807) is 26.5 Å². The van der Waals surface area contributed by atoms with Gasteiger partial charge in [0.15, 0.2) is 28.8 Å². The van der Waals surface area contributed by atoms with Gasteiger partial charge in [-0.25, -0.2) is 4.98 Å². The number of nitrogens with zero attached hydrogens (tertiary/aromatic N) is 3. The Morgan fingerprint density at radius 1 is 1.00 bits per heavy atom. The minimum absolute atomic E-state index is 0.182. The second-order valence-corrected chi connectivity index (χ2v) is 11.8. The third kappa shape index (κ3) is 5.98. The van der Waals surface area contributed by atoms with Crippen molar-refractivity contribution >= 4 is 33.0 Å². The molecule has 0 amide bonds. The summed E-state index contributed by atoms with van der Waals surface area (Å²) in [5.41, 5.74) is 4.47. The third-order valence-electron chi connectivity index (χ3n) is 7.59. The second kappa shape index (κ2) is 12.6. The van der Waals surface area contributed by atoms with E-state index in [0.29, 0.717) is 45.3 Å². The Kier molecular flexibility index (Phi) is 8.49. The number of rotatable bonds is 9. The van der Waals surface area contributed by atoms with Gasteiger partial charge in [-0.05, 0) is 78.1 Å². The van der Waals surface area contributed by atoms with Crippen LogP contribution in [-0.4, -0.2) is 36.9 Å². The topological polar surface area (TPSA) is 93.4 Å². The van der Waals surface area contributed by atoms with Crippen LogP contribution in [-0.2, 0) is 6.61 Å². The van der Waals surface area contributed by atoms with Gasteiger partial charge >= 0.3 is 0 Å². The zero-order valence-electron chi connectivity index (χ0n) is 25.6. The molecule has 0 bridgehead atoms. The van der Waals surface area contributed by atoms with Gasteiger partial charge in [-0.3, -0.25) is 4.79 Å². The van der Waals surface area contributed by atoms with Crippen molar-refractivity contribution in [1.29, 1.82) is 0 Å². The van der Waals surface area contributed by atoms with E-state index in [4.69, 9.17) is 33.8 Å². The first-order valence-corrected chi connectivity index (χ1v) is 15.2. The summed E-state index contributed by atoms with van der Waals surface area (Å²) in [6.07, 6.45) is 1.59. The maximum Gasteiger partial charge on any atom is 0.282 e. The first-order chi connectivity index (χ1) is 21.8. The number of fused-ring (bicyclic) bond motifs is 2. The van der Waals surface area contributed by atoms with Crippen LogP contribution in [0.2, 0.25) is 0 Å². The Balaban J connectivity index is 1.47. The molecule has 0 N–H and O–H groups in total. The number of aromatic nitrogens is 2. The maximum absolute atomic E-state index is 14.0. The molecule has 0 saturated heterocycles. The lowest BCUT2D eigenvalue weighted by Gasteiger charge is -2.17. The van der Waals surface area contributed by atoms with Gasteiger partial charge < -0.3 is 23.7 Å². The fourth-order valence-electron chi connectivity index (χ4n) is 5.27. The van der Waals surface area contributed by atoms with Crippen LogP contribution in [0.4, 0.5) is 0 Å². The van der Waals surface area contributed by atoms with E-state index >= 15 is 0 Å². The van der Waals surface area contributed by atoms with E-state index in [-0.39, 0.29) is 24.9 Å². The van der Waals surface area contributed by atoms with Gasteiger partial charge in [0.1, 0.15) is 12.4 Å². The van der Waals surface area contributed by atoms with Gasteiger partial charge in [-0.2, -0.15) is 9.78 Å². The van der Waals surface area contributed by atoms with Crippen molar-refractivity contribution in [3.63, 3.8) is 0 Å². The molecule has 10 heteroatoms. The van der Waals surface area contributed by atoms with Gasteiger partial charge in [0, 0.05) is 15.6 Å². The Morgan fingerprint density at radius 2 is 1.78 bits per heavy atom. The van der Waals surface area contributed by atoms with Crippen molar-refractivity contribution in [3.8, 4) is 40.1 Å². The van der Waals surface area contributed by atoms with Crippen LogP contribution < -0.4 is 29.2 Å². The normalized spacial score (nSPS) is 12.3. The van der Waals surface area contributed by atoms with E-state index < -0.39 is 0 Å². The van der Waals surface area contributed by atoms with Gasteiger partial charge in [0.25, 0.3) is 5.56 Å². The molecule has 0 aliphatic carbocycles. The number of aryl methyl sites for hydroxylation is 1. The smallest absolute Gasteiger partial charge is 0.282 e. The number of halogens is 1. The van der Waals surface area contributed by atoms with Crippen molar-refractivity contribution in [2.45, 2.75) is 33.3 Å². The van der Waals surface area contributed by atoms with Crippen LogP contribution in [0.3, 0.4) is 0 Å². The zero-order valence-corrected chi connectivity index (χ0v) is 27.2. The minimum atomic E-state index is -0.294. The molecule has 2 heterocycles. The Morgan fingerprint density at radius 3 is 2.56 bits per heavy atom. The molecule has 0 spiro atoms. The van der Waals surface area contributed by atoms with Crippen LogP contribution in [0.5, 0.6) is 28.7 Å². The summed E-state index contributed by atoms with van der Waals surface area (Å²) in [6.45, 7) is 6.60. The summed E-state index contributed by atoms with van der Waals surface area (Å²) in [5, 5.41) is 5.19. The standard InChI is InChI=1S/C35H32BrN3O6/c1-20(2)26-16-27(21(3)12-30(26)41-4)34-38-28-9-7-6-8-25(28)35(40)39(34)37-17-23-14-24(36)15-32(42-5)33(23)43-18-22-10-11-29-31(13-22)45-19-44-29/h6-17,20H,18-19H2,1-5H3. The predicted octanol–water partition coefficient (Wildman–Crippen LogP) is 7.46. The number of benzene rings is 4. The fourth-order valence-corrected chi connectivity index (χ4v) is 5.72. The molecule has 9 nitrogen and oxygen atoms in total. The average molecular weight is 671 g/mol. The summed E-state index contributed by atoms with van der Waals surface area (Å²) < 4.78 is 30.7. The molecular weight excluding hydrogens is 638 g/mol. The monoisotopic (exact) mass is 669 g/mol. The Bertz CT molecular complexity index is 2000. The second-order valence-electron chi connectivity index (χ2n) is 10.9. The number of para-hydroxylation sites is 1. The van der Waals surface area contributed by atoms with Crippen LogP contribution in [0.25, 0.3) is 22.3 Å². The van der Waals surface area contributed by atoms with Crippen LogP contribution in [0, 0.1) is 6.92 Å². The molecule has 0 unspecified atom stereocenters. The molecule has 1 aliphatic rings. The van der Waals surface area contributed by atoms with Crippen LogP contribution in [0.1, 0.15) is 42.0 Å². The van der Waals surface area contributed by atoms with Crippen molar-refractivity contribution in [3.05, 3.63) is 104 Å². The molecule has 0 atom stereocenters. The fraction of sp³-hybridized carbons (Fsp3) is 0.229. The molecule has 4 aromatic carbocycles. The molecule has 0 saturated carbocycles. The van der Waals surface area contributed by atoms with E-state index in [1.165, 1.54) is 4.68 Å². The van der Waals surface area contributed by atoms with E-state index in [2.05, 4.69) is 29.8 Å². The number of hydrogen-bond acceptors (Lipinski definition) is 8. The lowest BCUT2D eigenvalue weighted by atomic mass is 9.96. The molecule has 1 aromatic heterocycles. The molecule has 0 radical (unpaired) electrons. The highest BCUT2D eigenvalue weighted by Crippen LogP contribution is 2.37. The van der Waals surface area contributed by atoms with Crippen LogP contribution >= 0.6 is 15.9 Å². The molecule has 6 rings (SSSR count). The first kappa shape index (κ1) is 30.2. The molecule has 45 heavy (non-hydrogen) atoms. The zero-order chi connectivity index (χ0) is 31.7. The van der Waals surface area contributed by atoms with Crippen molar-refractivity contribution < 1.29 is 23.7 Å². The van der Waals surface area contributed by atoms with Crippen LogP contribution in [0.15, 0.2) is 81.1 Å². The van der Waals surface area contributed by atoms with Gasteiger partial charge in [0.05, 0.1) is 31.3 Å². The molecule has 1 aliphatic heterocycles. The Labute approximate surface area is 269 Å². The molecule has 230 valence electrons. The first-order valence-electron chi connectivity index (χ1n) is 14.4. The van der Waals surface area contributed by atoms with Gasteiger partial charge in [-0.15, -0.1) is 0 Å². The molecule has 5 aromatic rings. The molecular formula is C35H32BrN3O6. The van der Waals surface area contributed by atoms with Crippen molar-refractivity contribution in [2.75, 3.05) is 21.0 Å². The number of ether oxygens (including phenoxy) is 5. The summed E-state index contributed by atoms with van der Waals surface area (Å²) in [7, 11) is 3.23. The average Bonchev–Trinajstić information content (AvgIpc) is 3.51. The summed E-state index contributed by atoms with van der Waals surface area (Å²) in [6, 6.07) is 20.6. The SMILES string of the molecule is COc1cc(C)c(-c2nc3ccccc3c(=O)n2N=Cc2cc(Br)cc(OC)c2OCc2ccc3c(c2)OCO3)cc1C(C)C. The lowest BCUT2D eigenvalue weighted by molar-refractivity contribution is 0.174. The quantitative estimate of drug-likeness (QED) is 0.150. The van der Waals surface area contributed by atoms with Crippen molar-refractivity contribution in [2.24, 2.45) is 5.10 Å². The van der Waals surface area contributed by atoms with E-state index in [1.807, 2.05) is 67.6 Å². The number of methoxy groups -OCH3 is 2. The number of hydrogen-bond donors (Lipinski definition) is 0. The highest BCUT2D eigenvalue weighted by atomic mass is 79.9. The summed E-state index contributed by atoms with van der Waals surface area (Å²) in [4.78, 5) is 18.9. The maximum atomic E-state index is 14.0. The van der Waals surface area contributed by atoms with Crippen molar-refractivity contribution in [1.82, 2.24) is 9.66 Å².